The molecule has 0 aliphatic carbocycles. The van der Waals surface area contributed by atoms with Gasteiger partial charge in [0.1, 0.15) is 5.82 Å². The number of anilines is 1. The first kappa shape index (κ1) is 26.3. The van der Waals surface area contributed by atoms with Gasteiger partial charge in [-0.25, -0.2) is 13.4 Å². The van der Waals surface area contributed by atoms with Crippen molar-refractivity contribution in [2.75, 3.05) is 11.9 Å². The van der Waals surface area contributed by atoms with E-state index in [9.17, 15) is 18.0 Å². The number of aryl methyl sites for hydroxylation is 2. The van der Waals surface area contributed by atoms with Gasteiger partial charge >= 0.3 is 0 Å². The molecule has 8 nitrogen and oxygen atoms in total. The zero-order valence-electron chi connectivity index (χ0n) is 20.2. The zero-order valence-corrected chi connectivity index (χ0v) is 21.8. The molecule has 0 fully saturated rings. The Kier molecular flexibility index (Phi) is 7.87. The summed E-state index contributed by atoms with van der Waals surface area (Å²) in [5, 5.41) is 3.16. The van der Waals surface area contributed by atoms with Crippen molar-refractivity contribution < 1.29 is 13.2 Å². The Labute approximate surface area is 220 Å². The molecule has 0 unspecified atom stereocenters. The molecule has 1 aromatic heterocycles. The van der Waals surface area contributed by atoms with Crippen molar-refractivity contribution in [3.63, 3.8) is 0 Å². The fourth-order valence-corrected chi connectivity index (χ4v) is 5.21. The Hall–Kier alpha value is -3.79. The molecule has 1 amide bonds. The van der Waals surface area contributed by atoms with Crippen molar-refractivity contribution in [3.05, 3.63) is 111 Å². The molecule has 0 saturated heterocycles. The molecule has 190 valence electrons. The van der Waals surface area contributed by atoms with Crippen LogP contribution in [0.1, 0.15) is 16.8 Å². The summed E-state index contributed by atoms with van der Waals surface area (Å²) in [4.78, 5) is 31.9. The first-order valence-electron chi connectivity index (χ1n) is 11.4. The number of carbonyl (C=O) groups excluding carboxylic acids is 1. The predicted octanol–water partition coefficient (Wildman–Crippen LogP) is 4.54. The van der Waals surface area contributed by atoms with Gasteiger partial charge in [-0.1, -0.05) is 53.6 Å². The van der Waals surface area contributed by atoms with Crippen molar-refractivity contribution in [2.24, 2.45) is 0 Å². The van der Waals surface area contributed by atoms with E-state index in [1.165, 1.54) is 30.3 Å². The number of aromatic nitrogens is 2. The maximum atomic E-state index is 13.5. The average Bonchev–Trinajstić information content (AvgIpc) is 2.85. The lowest BCUT2D eigenvalue weighted by Crippen LogP contribution is -2.37. The number of hydrogen-bond donors (Lipinski definition) is 2. The van der Waals surface area contributed by atoms with E-state index < -0.39 is 22.5 Å². The molecule has 4 rings (SSSR count). The Morgan fingerprint density at radius 3 is 2.38 bits per heavy atom. The van der Waals surface area contributed by atoms with E-state index in [1.54, 1.807) is 31.2 Å². The van der Waals surface area contributed by atoms with Gasteiger partial charge in [0.15, 0.2) is 0 Å². The summed E-state index contributed by atoms with van der Waals surface area (Å²) in [6, 6.07) is 21.4. The summed E-state index contributed by atoms with van der Waals surface area (Å²) in [5.74, 6) is -0.153. The molecule has 0 radical (unpaired) electrons. The van der Waals surface area contributed by atoms with E-state index in [0.717, 1.165) is 15.4 Å². The lowest BCUT2D eigenvalue weighted by atomic mass is 10.1. The summed E-state index contributed by atoms with van der Waals surface area (Å²) < 4.78 is 28.1. The van der Waals surface area contributed by atoms with Crippen molar-refractivity contribution in [2.45, 2.75) is 25.3 Å². The fraction of sp³-hybridized carbons (Fsp3) is 0.148. The van der Waals surface area contributed by atoms with Crippen LogP contribution in [-0.4, -0.2) is 35.1 Å². The molecule has 1 heterocycles. The van der Waals surface area contributed by atoms with Gasteiger partial charge in [-0.2, -0.15) is 4.31 Å². The SMILES string of the molecule is Cc1ccc(CN(CC(=O)Nc2cccc(-c3nc(C)cc(=O)[nH]3)c2)S(=O)(=O)c2ccc(Cl)cc2)cc1. The van der Waals surface area contributed by atoms with Crippen molar-refractivity contribution >= 4 is 33.2 Å². The minimum Gasteiger partial charge on any atom is -0.325 e. The van der Waals surface area contributed by atoms with Gasteiger partial charge in [0.2, 0.25) is 15.9 Å². The molecule has 4 aromatic rings. The third-order valence-electron chi connectivity index (χ3n) is 5.54. The van der Waals surface area contributed by atoms with E-state index >= 15 is 0 Å². The third kappa shape index (κ3) is 6.71. The number of aromatic amines is 1. The topological polar surface area (TPSA) is 112 Å². The molecular formula is C27H25ClN4O4S. The quantitative estimate of drug-likeness (QED) is 0.343. The first-order chi connectivity index (χ1) is 17.6. The van der Waals surface area contributed by atoms with Crippen LogP contribution in [0.15, 0.2) is 88.6 Å². The maximum absolute atomic E-state index is 13.5. The molecule has 0 aliphatic rings. The second-order valence-corrected chi connectivity index (χ2v) is 11.0. The number of nitrogens with zero attached hydrogens (tertiary/aromatic N) is 2. The van der Waals surface area contributed by atoms with Crippen LogP contribution in [0.25, 0.3) is 11.4 Å². The first-order valence-corrected chi connectivity index (χ1v) is 13.2. The van der Waals surface area contributed by atoms with E-state index in [-0.39, 0.29) is 17.0 Å². The smallest absolute Gasteiger partial charge is 0.251 e. The highest BCUT2D eigenvalue weighted by Gasteiger charge is 2.27. The Balaban J connectivity index is 1.58. The molecule has 0 saturated carbocycles. The Morgan fingerprint density at radius 1 is 1.00 bits per heavy atom. The summed E-state index contributed by atoms with van der Waals surface area (Å²) in [6.07, 6.45) is 0. The minimum absolute atomic E-state index is 0.00709. The number of hydrogen-bond acceptors (Lipinski definition) is 5. The van der Waals surface area contributed by atoms with Crippen LogP contribution < -0.4 is 10.9 Å². The van der Waals surface area contributed by atoms with Crippen molar-refractivity contribution in [1.29, 1.82) is 0 Å². The normalized spacial score (nSPS) is 11.5. The van der Waals surface area contributed by atoms with Gasteiger partial charge < -0.3 is 10.3 Å². The second-order valence-electron chi connectivity index (χ2n) is 8.58. The molecule has 0 aliphatic heterocycles. The summed E-state index contributed by atoms with van der Waals surface area (Å²) in [6.45, 7) is 3.25. The highest BCUT2D eigenvalue weighted by atomic mass is 35.5. The third-order valence-corrected chi connectivity index (χ3v) is 7.60. The van der Waals surface area contributed by atoms with Gasteiger partial charge in [-0.15, -0.1) is 0 Å². The minimum atomic E-state index is -4.01. The number of benzene rings is 3. The summed E-state index contributed by atoms with van der Waals surface area (Å²) in [5.41, 5.74) is 3.10. The zero-order chi connectivity index (χ0) is 26.6. The lowest BCUT2D eigenvalue weighted by Gasteiger charge is -2.22. The van der Waals surface area contributed by atoms with E-state index in [2.05, 4.69) is 15.3 Å². The molecule has 0 spiro atoms. The Morgan fingerprint density at radius 2 is 1.70 bits per heavy atom. The number of halogens is 1. The molecule has 10 heteroatoms. The van der Waals surface area contributed by atoms with Gasteiger partial charge in [-0.3, -0.25) is 9.59 Å². The van der Waals surface area contributed by atoms with Gasteiger partial charge in [0, 0.05) is 34.6 Å². The van der Waals surface area contributed by atoms with Crippen molar-refractivity contribution in [1.82, 2.24) is 14.3 Å². The van der Waals surface area contributed by atoms with Gasteiger partial charge in [0.25, 0.3) is 5.56 Å². The molecule has 2 N–H and O–H groups in total. The summed E-state index contributed by atoms with van der Waals surface area (Å²) >= 11 is 5.94. The van der Waals surface area contributed by atoms with E-state index in [0.29, 0.717) is 27.8 Å². The lowest BCUT2D eigenvalue weighted by molar-refractivity contribution is -0.116. The molecular weight excluding hydrogens is 512 g/mol. The second kappa shape index (κ2) is 11.1. The van der Waals surface area contributed by atoms with Crippen molar-refractivity contribution in [3.8, 4) is 11.4 Å². The molecule has 37 heavy (non-hydrogen) atoms. The van der Waals surface area contributed by atoms with Crippen LogP contribution in [-0.2, 0) is 21.4 Å². The number of sulfonamides is 1. The molecule has 0 bridgehead atoms. The monoisotopic (exact) mass is 536 g/mol. The van der Waals surface area contributed by atoms with E-state index in [1.807, 2.05) is 31.2 Å². The van der Waals surface area contributed by atoms with Crippen LogP contribution >= 0.6 is 11.6 Å². The molecule has 3 aromatic carbocycles. The highest BCUT2D eigenvalue weighted by Crippen LogP contribution is 2.22. The van der Waals surface area contributed by atoms with Gasteiger partial charge in [0.05, 0.1) is 11.4 Å². The highest BCUT2D eigenvalue weighted by molar-refractivity contribution is 7.89. The largest absolute Gasteiger partial charge is 0.325 e. The van der Waals surface area contributed by atoms with Crippen LogP contribution in [0.5, 0.6) is 0 Å². The Bertz CT molecular complexity index is 1580. The number of carbonyl (C=O) groups is 1. The number of rotatable bonds is 8. The number of nitrogens with one attached hydrogen (secondary N) is 2. The number of amides is 1. The van der Waals surface area contributed by atoms with Crippen LogP contribution in [0.4, 0.5) is 5.69 Å². The maximum Gasteiger partial charge on any atom is 0.251 e. The fourth-order valence-electron chi connectivity index (χ4n) is 3.70. The summed E-state index contributed by atoms with van der Waals surface area (Å²) in [7, 11) is -4.01. The standard InChI is InChI=1S/C27H25ClN4O4S/c1-18-6-8-20(9-7-18)16-32(37(35,36)24-12-10-22(28)11-13-24)17-26(34)30-23-5-3-4-21(15-23)27-29-19(2)14-25(33)31-27/h3-15H,16-17H2,1-2H3,(H,30,34)(H,29,31,33). The predicted molar refractivity (Wildman–Crippen MR) is 144 cm³/mol. The molecule has 0 atom stereocenters. The van der Waals surface area contributed by atoms with Gasteiger partial charge in [-0.05, 0) is 55.8 Å². The van der Waals surface area contributed by atoms with E-state index in [4.69, 9.17) is 11.6 Å². The average molecular weight is 537 g/mol. The number of H-pyrrole nitrogens is 1. The van der Waals surface area contributed by atoms with Crippen LogP contribution in [0, 0.1) is 13.8 Å². The van der Waals surface area contributed by atoms with Crippen LogP contribution in [0.3, 0.4) is 0 Å². The van der Waals surface area contributed by atoms with Crippen LogP contribution in [0.2, 0.25) is 5.02 Å².